The van der Waals surface area contributed by atoms with Crippen molar-refractivity contribution in [2.24, 2.45) is 0 Å². The van der Waals surface area contributed by atoms with Crippen molar-refractivity contribution in [2.75, 3.05) is 12.4 Å². The first kappa shape index (κ1) is 19.7. The molecule has 4 aromatic rings. The SMILES string of the molecule is CNC(=O)c1cc(Oc2ccc3nc(NCc4cc(F)ccc4F)sc3c2)ccn1. The van der Waals surface area contributed by atoms with Crippen LogP contribution in [-0.2, 0) is 6.54 Å². The number of fused-ring (bicyclic) bond motifs is 1. The van der Waals surface area contributed by atoms with Gasteiger partial charge in [0.2, 0.25) is 0 Å². The van der Waals surface area contributed by atoms with Gasteiger partial charge in [-0.3, -0.25) is 9.78 Å². The normalized spacial score (nSPS) is 10.8. The molecule has 30 heavy (non-hydrogen) atoms. The van der Waals surface area contributed by atoms with Gasteiger partial charge in [-0.25, -0.2) is 13.8 Å². The summed E-state index contributed by atoms with van der Waals surface area (Å²) in [6.07, 6.45) is 1.50. The summed E-state index contributed by atoms with van der Waals surface area (Å²) >= 11 is 1.37. The molecule has 0 aliphatic carbocycles. The summed E-state index contributed by atoms with van der Waals surface area (Å²) < 4.78 is 33.8. The van der Waals surface area contributed by atoms with Gasteiger partial charge in [-0.2, -0.15) is 0 Å². The lowest BCUT2D eigenvalue weighted by molar-refractivity contribution is 0.0958. The van der Waals surface area contributed by atoms with Crippen molar-refractivity contribution in [3.63, 3.8) is 0 Å². The van der Waals surface area contributed by atoms with E-state index in [4.69, 9.17) is 4.74 Å². The molecule has 0 saturated carbocycles. The van der Waals surface area contributed by atoms with Gasteiger partial charge in [0.25, 0.3) is 5.91 Å². The molecule has 2 aromatic carbocycles. The molecule has 2 N–H and O–H groups in total. The Balaban J connectivity index is 1.50. The maximum absolute atomic E-state index is 13.8. The highest BCUT2D eigenvalue weighted by Crippen LogP contribution is 2.31. The Kier molecular flexibility index (Phi) is 5.53. The van der Waals surface area contributed by atoms with Gasteiger partial charge in [0.15, 0.2) is 5.13 Å². The first-order valence-corrected chi connectivity index (χ1v) is 9.78. The van der Waals surface area contributed by atoms with E-state index in [0.29, 0.717) is 16.6 Å². The van der Waals surface area contributed by atoms with E-state index in [1.807, 2.05) is 6.07 Å². The quantitative estimate of drug-likeness (QED) is 0.466. The number of nitrogens with one attached hydrogen (secondary N) is 2. The minimum absolute atomic E-state index is 0.117. The zero-order chi connectivity index (χ0) is 21.1. The van der Waals surface area contributed by atoms with Crippen LogP contribution in [0, 0.1) is 11.6 Å². The fourth-order valence-electron chi connectivity index (χ4n) is 2.76. The predicted octanol–water partition coefficient (Wildman–Crippen LogP) is 4.73. The highest BCUT2D eigenvalue weighted by atomic mass is 32.1. The smallest absolute Gasteiger partial charge is 0.269 e. The Morgan fingerprint density at radius 3 is 2.77 bits per heavy atom. The van der Waals surface area contributed by atoms with Crippen LogP contribution in [0.4, 0.5) is 13.9 Å². The number of carbonyl (C=O) groups excluding carboxylic acids is 1. The molecule has 1 amide bonds. The van der Waals surface area contributed by atoms with Crippen LogP contribution in [0.2, 0.25) is 0 Å². The number of benzene rings is 2. The maximum Gasteiger partial charge on any atom is 0.269 e. The van der Waals surface area contributed by atoms with E-state index in [1.165, 1.54) is 24.6 Å². The Bertz CT molecular complexity index is 1230. The van der Waals surface area contributed by atoms with Crippen LogP contribution in [0.5, 0.6) is 11.5 Å². The zero-order valence-corrected chi connectivity index (χ0v) is 16.6. The number of carbonyl (C=O) groups is 1. The molecular weight excluding hydrogens is 410 g/mol. The van der Waals surface area contributed by atoms with E-state index in [1.54, 1.807) is 24.3 Å². The van der Waals surface area contributed by atoms with Crippen LogP contribution in [0.3, 0.4) is 0 Å². The molecule has 2 aromatic heterocycles. The van der Waals surface area contributed by atoms with Crippen molar-refractivity contribution < 1.29 is 18.3 Å². The lowest BCUT2D eigenvalue weighted by Crippen LogP contribution is -2.18. The van der Waals surface area contributed by atoms with E-state index >= 15 is 0 Å². The van der Waals surface area contributed by atoms with Gasteiger partial charge in [-0.1, -0.05) is 11.3 Å². The summed E-state index contributed by atoms with van der Waals surface area (Å²) in [5.74, 6) is -0.219. The molecule has 0 spiro atoms. The topological polar surface area (TPSA) is 76.1 Å². The Hall–Kier alpha value is -3.59. The molecule has 0 radical (unpaired) electrons. The number of hydrogen-bond acceptors (Lipinski definition) is 6. The van der Waals surface area contributed by atoms with Crippen molar-refractivity contribution in [3.8, 4) is 11.5 Å². The first-order chi connectivity index (χ1) is 14.5. The number of pyridine rings is 1. The summed E-state index contributed by atoms with van der Waals surface area (Å²) in [5, 5.41) is 6.12. The van der Waals surface area contributed by atoms with Crippen LogP contribution < -0.4 is 15.4 Å². The van der Waals surface area contributed by atoms with Crippen LogP contribution in [0.15, 0.2) is 54.7 Å². The van der Waals surface area contributed by atoms with Gasteiger partial charge in [0.1, 0.15) is 28.8 Å². The second-order valence-electron chi connectivity index (χ2n) is 6.30. The fourth-order valence-corrected chi connectivity index (χ4v) is 3.65. The lowest BCUT2D eigenvalue weighted by atomic mass is 10.2. The molecule has 152 valence electrons. The van der Waals surface area contributed by atoms with Gasteiger partial charge < -0.3 is 15.4 Å². The molecule has 2 heterocycles. The number of aromatic nitrogens is 2. The van der Waals surface area contributed by atoms with E-state index in [9.17, 15) is 13.6 Å². The third-order valence-electron chi connectivity index (χ3n) is 4.22. The molecular formula is C21H16F2N4O2S. The van der Waals surface area contributed by atoms with Gasteiger partial charge >= 0.3 is 0 Å². The summed E-state index contributed by atoms with van der Waals surface area (Å²) in [6.45, 7) is 0.117. The monoisotopic (exact) mass is 426 g/mol. The molecule has 4 rings (SSSR count). The molecule has 0 bridgehead atoms. The van der Waals surface area contributed by atoms with Gasteiger partial charge in [0, 0.05) is 37.5 Å². The number of anilines is 1. The van der Waals surface area contributed by atoms with Gasteiger partial charge in [-0.05, 0) is 36.4 Å². The Morgan fingerprint density at radius 1 is 1.10 bits per heavy atom. The molecule has 0 fully saturated rings. The third kappa shape index (κ3) is 4.36. The predicted molar refractivity (Wildman–Crippen MR) is 111 cm³/mol. The number of thiazole rings is 1. The number of hydrogen-bond donors (Lipinski definition) is 2. The molecule has 0 aliphatic heterocycles. The van der Waals surface area contributed by atoms with E-state index in [-0.39, 0.29) is 23.7 Å². The van der Waals surface area contributed by atoms with Crippen LogP contribution >= 0.6 is 11.3 Å². The second kappa shape index (κ2) is 8.42. The number of halogens is 2. The number of ether oxygens (including phenoxy) is 1. The summed E-state index contributed by atoms with van der Waals surface area (Å²) in [6, 6.07) is 11.9. The average Bonchev–Trinajstić information content (AvgIpc) is 3.16. The van der Waals surface area contributed by atoms with Gasteiger partial charge in [-0.15, -0.1) is 0 Å². The zero-order valence-electron chi connectivity index (χ0n) is 15.8. The molecule has 0 aliphatic rings. The minimum atomic E-state index is -0.491. The Labute approximate surface area is 174 Å². The lowest BCUT2D eigenvalue weighted by Gasteiger charge is -2.06. The van der Waals surface area contributed by atoms with Crippen molar-refractivity contribution in [1.29, 1.82) is 0 Å². The van der Waals surface area contributed by atoms with Crippen LogP contribution in [-0.4, -0.2) is 22.9 Å². The molecule has 0 saturated heterocycles. The summed E-state index contributed by atoms with van der Waals surface area (Å²) in [5.41, 5.74) is 1.23. The number of rotatable bonds is 6. The Morgan fingerprint density at radius 2 is 1.93 bits per heavy atom. The second-order valence-corrected chi connectivity index (χ2v) is 7.33. The van der Waals surface area contributed by atoms with E-state index in [2.05, 4.69) is 20.6 Å². The van der Waals surface area contributed by atoms with Crippen molar-refractivity contribution in [1.82, 2.24) is 15.3 Å². The molecule has 0 unspecified atom stereocenters. The number of nitrogens with zero attached hydrogens (tertiary/aromatic N) is 2. The fraction of sp³-hybridized carbons (Fsp3) is 0.0952. The minimum Gasteiger partial charge on any atom is -0.457 e. The van der Waals surface area contributed by atoms with Crippen molar-refractivity contribution in [2.45, 2.75) is 6.54 Å². The third-order valence-corrected chi connectivity index (χ3v) is 5.20. The summed E-state index contributed by atoms with van der Waals surface area (Å²) in [7, 11) is 1.53. The van der Waals surface area contributed by atoms with Crippen molar-refractivity contribution >= 4 is 32.6 Å². The molecule has 6 nitrogen and oxygen atoms in total. The van der Waals surface area contributed by atoms with E-state index < -0.39 is 11.6 Å². The largest absolute Gasteiger partial charge is 0.457 e. The molecule has 9 heteroatoms. The van der Waals surface area contributed by atoms with Crippen LogP contribution in [0.25, 0.3) is 10.2 Å². The van der Waals surface area contributed by atoms with Gasteiger partial charge in [0.05, 0.1) is 10.2 Å². The first-order valence-electron chi connectivity index (χ1n) is 8.96. The van der Waals surface area contributed by atoms with Crippen molar-refractivity contribution in [3.05, 3.63) is 77.6 Å². The van der Waals surface area contributed by atoms with E-state index in [0.717, 1.165) is 28.4 Å². The molecule has 0 atom stereocenters. The van der Waals surface area contributed by atoms with Crippen LogP contribution in [0.1, 0.15) is 16.1 Å². The maximum atomic E-state index is 13.8. The number of amides is 1. The average molecular weight is 426 g/mol. The highest BCUT2D eigenvalue weighted by molar-refractivity contribution is 7.22. The standard InChI is InChI=1S/C21H16F2N4O2S/c1-24-20(28)18-9-15(6-7-25-18)29-14-3-5-17-19(10-14)30-21(27-17)26-11-12-8-13(22)2-4-16(12)23/h2-10H,11H2,1H3,(H,24,28)(H,26,27). The summed E-state index contributed by atoms with van der Waals surface area (Å²) in [4.78, 5) is 20.2. The highest BCUT2D eigenvalue weighted by Gasteiger charge is 2.10.